The largest absolute Gasteiger partial charge is 0.495 e. The Morgan fingerprint density at radius 1 is 1.12 bits per heavy atom. The number of amides is 1. The van der Waals surface area contributed by atoms with Crippen LogP contribution in [0.4, 0.5) is 5.69 Å². The van der Waals surface area contributed by atoms with Crippen LogP contribution in [0.5, 0.6) is 5.75 Å². The van der Waals surface area contributed by atoms with Gasteiger partial charge in [0, 0.05) is 10.4 Å². The van der Waals surface area contributed by atoms with Gasteiger partial charge in [-0.3, -0.25) is 9.78 Å². The minimum atomic E-state index is -0.246. The number of aryl methyl sites for hydroxylation is 2. The van der Waals surface area contributed by atoms with Crippen LogP contribution in [-0.4, -0.2) is 18.0 Å². The molecule has 24 heavy (non-hydrogen) atoms. The zero-order chi connectivity index (χ0) is 17.3. The van der Waals surface area contributed by atoms with Gasteiger partial charge < -0.3 is 10.1 Å². The number of carbonyl (C=O) groups excluding carboxylic acids is 1. The Bertz CT molecular complexity index is 938. The van der Waals surface area contributed by atoms with Gasteiger partial charge in [0.15, 0.2) is 0 Å². The van der Waals surface area contributed by atoms with Crippen molar-refractivity contribution in [3.8, 4) is 5.75 Å². The van der Waals surface area contributed by atoms with E-state index in [0.29, 0.717) is 27.7 Å². The number of hydrogen-bond acceptors (Lipinski definition) is 3. The molecule has 2 aromatic carbocycles. The highest BCUT2D eigenvalue weighted by atomic mass is 35.5. The number of methoxy groups -OCH3 is 1. The molecule has 4 nitrogen and oxygen atoms in total. The van der Waals surface area contributed by atoms with E-state index in [1.165, 1.54) is 0 Å². The summed E-state index contributed by atoms with van der Waals surface area (Å²) in [5.74, 6) is 0.305. The molecule has 0 aliphatic carbocycles. The minimum absolute atomic E-state index is 0.246. The molecule has 5 heteroatoms. The van der Waals surface area contributed by atoms with E-state index in [4.69, 9.17) is 16.3 Å². The van der Waals surface area contributed by atoms with Crippen molar-refractivity contribution in [1.82, 2.24) is 4.98 Å². The van der Waals surface area contributed by atoms with Crippen molar-refractivity contribution in [3.63, 3.8) is 0 Å². The lowest BCUT2D eigenvalue weighted by Gasteiger charge is -2.12. The van der Waals surface area contributed by atoms with E-state index in [9.17, 15) is 4.79 Å². The maximum absolute atomic E-state index is 12.7. The van der Waals surface area contributed by atoms with Crippen LogP contribution in [0, 0.1) is 13.8 Å². The van der Waals surface area contributed by atoms with Gasteiger partial charge in [0.1, 0.15) is 5.75 Å². The molecule has 0 radical (unpaired) electrons. The second kappa shape index (κ2) is 6.49. The lowest BCUT2D eigenvalue weighted by atomic mass is 10.1. The standard InChI is InChI=1S/C19H17ClN2O2/c1-11-4-6-16-13(8-11)9-15(12(2)21-16)19(23)22-17-10-14(20)5-7-18(17)24-3/h4-10H,1-3H3,(H,22,23). The topological polar surface area (TPSA) is 51.2 Å². The average Bonchev–Trinajstić information content (AvgIpc) is 2.54. The van der Waals surface area contributed by atoms with Crippen molar-refractivity contribution in [2.24, 2.45) is 0 Å². The molecule has 1 N–H and O–H groups in total. The van der Waals surface area contributed by atoms with Gasteiger partial charge in [-0.25, -0.2) is 0 Å². The number of nitrogens with zero attached hydrogens (tertiary/aromatic N) is 1. The second-order valence-corrected chi connectivity index (χ2v) is 6.05. The summed E-state index contributed by atoms with van der Waals surface area (Å²) in [6.07, 6.45) is 0. The fourth-order valence-corrected chi connectivity index (χ4v) is 2.76. The van der Waals surface area contributed by atoms with Crippen molar-refractivity contribution in [2.75, 3.05) is 12.4 Å². The number of halogens is 1. The number of benzene rings is 2. The van der Waals surface area contributed by atoms with E-state index >= 15 is 0 Å². The van der Waals surface area contributed by atoms with E-state index in [0.717, 1.165) is 16.5 Å². The second-order valence-electron chi connectivity index (χ2n) is 5.62. The van der Waals surface area contributed by atoms with Crippen molar-refractivity contribution in [3.05, 3.63) is 64.3 Å². The fourth-order valence-electron chi connectivity index (χ4n) is 2.59. The Balaban J connectivity index is 1.99. The molecule has 1 aromatic heterocycles. The third-order valence-electron chi connectivity index (χ3n) is 3.82. The van der Waals surface area contributed by atoms with Gasteiger partial charge in [-0.2, -0.15) is 0 Å². The number of nitrogens with one attached hydrogen (secondary N) is 1. The first-order valence-corrected chi connectivity index (χ1v) is 7.88. The lowest BCUT2D eigenvalue weighted by Crippen LogP contribution is -2.15. The number of ether oxygens (including phenoxy) is 1. The van der Waals surface area contributed by atoms with Crippen LogP contribution >= 0.6 is 11.6 Å². The van der Waals surface area contributed by atoms with Crippen LogP contribution in [0.25, 0.3) is 10.9 Å². The summed E-state index contributed by atoms with van der Waals surface area (Å²) in [5, 5.41) is 4.31. The molecule has 122 valence electrons. The van der Waals surface area contributed by atoms with Crippen molar-refractivity contribution >= 4 is 34.1 Å². The number of hydrogen-bond donors (Lipinski definition) is 1. The number of rotatable bonds is 3. The molecule has 0 atom stereocenters. The third-order valence-corrected chi connectivity index (χ3v) is 4.05. The summed E-state index contributed by atoms with van der Waals surface area (Å²) in [4.78, 5) is 17.2. The highest BCUT2D eigenvalue weighted by molar-refractivity contribution is 6.31. The van der Waals surface area contributed by atoms with E-state index in [-0.39, 0.29) is 5.91 Å². The summed E-state index contributed by atoms with van der Waals surface area (Å²) in [6, 6.07) is 12.9. The van der Waals surface area contributed by atoms with E-state index < -0.39 is 0 Å². The van der Waals surface area contributed by atoms with Crippen LogP contribution < -0.4 is 10.1 Å². The zero-order valence-corrected chi connectivity index (χ0v) is 14.4. The van der Waals surface area contributed by atoms with Gasteiger partial charge >= 0.3 is 0 Å². The van der Waals surface area contributed by atoms with Crippen LogP contribution in [0.1, 0.15) is 21.6 Å². The van der Waals surface area contributed by atoms with E-state index in [1.807, 2.05) is 38.1 Å². The summed E-state index contributed by atoms with van der Waals surface area (Å²) in [7, 11) is 1.55. The molecular weight excluding hydrogens is 324 g/mol. The summed E-state index contributed by atoms with van der Waals surface area (Å²) in [6.45, 7) is 3.83. The smallest absolute Gasteiger partial charge is 0.257 e. The number of fused-ring (bicyclic) bond motifs is 1. The Hall–Kier alpha value is -2.59. The predicted molar refractivity (Wildman–Crippen MR) is 97.2 cm³/mol. The van der Waals surface area contributed by atoms with E-state index in [1.54, 1.807) is 25.3 Å². The first-order chi connectivity index (χ1) is 11.5. The zero-order valence-electron chi connectivity index (χ0n) is 13.7. The number of aromatic nitrogens is 1. The Morgan fingerprint density at radius 2 is 1.92 bits per heavy atom. The fraction of sp³-hybridized carbons (Fsp3) is 0.158. The summed E-state index contributed by atoms with van der Waals surface area (Å²) in [5.41, 5.74) is 3.71. The first-order valence-electron chi connectivity index (χ1n) is 7.51. The van der Waals surface area contributed by atoms with Crippen LogP contribution in [0.15, 0.2) is 42.5 Å². The number of anilines is 1. The monoisotopic (exact) mass is 340 g/mol. The molecule has 0 aliphatic rings. The number of pyridine rings is 1. The summed E-state index contributed by atoms with van der Waals surface area (Å²) >= 11 is 6.01. The number of carbonyl (C=O) groups is 1. The predicted octanol–water partition coefficient (Wildman–Crippen LogP) is 4.77. The SMILES string of the molecule is COc1ccc(Cl)cc1NC(=O)c1cc2cc(C)ccc2nc1C. The van der Waals surface area contributed by atoms with Crippen molar-refractivity contribution in [2.45, 2.75) is 13.8 Å². The minimum Gasteiger partial charge on any atom is -0.495 e. The molecule has 0 saturated heterocycles. The molecular formula is C19H17ClN2O2. The molecule has 3 rings (SSSR count). The average molecular weight is 341 g/mol. The van der Waals surface area contributed by atoms with Gasteiger partial charge in [0.25, 0.3) is 5.91 Å². The third kappa shape index (κ3) is 3.19. The van der Waals surface area contributed by atoms with Crippen molar-refractivity contribution in [1.29, 1.82) is 0 Å². The van der Waals surface area contributed by atoms with Gasteiger partial charge in [0.05, 0.1) is 29.6 Å². The first kappa shape index (κ1) is 16.3. The van der Waals surface area contributed by atoms with Crippen LogP contribution in [-0.2, 0) is 0 Å². The maximum Gasteiger partial charge on any atom is 0.257 e. The molecule has 0 fully saturated rings. The van der Waals surface area contributed by atoms with Crippen molar-refractivity contribution < 1.29 is 9.53 Å². The quantitative estimate of drug-likeness (QED) is 0.747. The highest BCUT2D eigenvalue weighted by Crippen LogP contribution is 2.28. The Labute approximate surface area is 145 Å². The lowest BCUT2D eigenvalue weighted by molar-refractivity contribution is 0.102. The van der Waals surface area contributed by atoms with Gasteiger partial charge in [0.2, 0.25) is 0 Å². The highest BCUT2D eigenvalue weighted by Gasteiger charge is 2.14. The normalized spacial score (nSPS) is 10.7. The Kier molecular flexibility index (Phi) is 4.40. The van der Waals surface area contributed by atoms with Crippen LogP contribution in [0.3, 0.4) is 0 Å². The molecule has 0 spiro atoms. The maximum atomic E-state index is 12.7. The molecule has 0 unspecified atom stereocenters. The molecule has 1 amide bonds. The summed E-state index contributed by atoms with van der Waals surface area (Å²) < 4.78 is 5.26. The molecule has 3 aromatic rings. The van der Waals surface area contributed by atoms with Gasteiger partial charge in [-0.1, -0.05) is 23.2 Å². The van der Waals surface area contributed by atoms with Gasteiger partial charge in [-0.05, 0) is 50.2 Å². The molecule has 0 bridgehead atoms. The molecule has 0 saturated carbocycles. The van der Waals surface area contributed by atoms with Gasteiger partial charge in [-0.15, -0.1) is 0 Å². The van der Waals surface area contributed by atoms with E-state index in [2.05, 4.69) is 10.3 Å². The molecule has 0 aliphatic heterocycles. The van der Waals surface area contributed by atoms with Crippen LogP contribution in [0.2, 0.25) is 5.02 Å². The molecule has 1 heterocycles. The Morgan fingerprint density at radius 3 is 2.67 bits per heavy atom.